The van der Waals surface area contributed by atoms with Crippen LogP contribution in [0.15, 0.2) is 36.8 Å². The first kappa shape index (κ1) is 14.3. The molecule has 6 nitrogen and oxygen atoms in total. The molecule has 0 saturated carbocycles. The highest BCUT2D eigenvalue weighted by atomic mass is 16.2. The van der Waals surface area contributed by atoms with Crippen LogP contribution in [0.1, 0.15) is 41.1 Å². The summed E-state index contributed by atoms with van der Waals surface area (Å²) >= 11 is 0. The van der Waals surface area contributed by atoms with Gasteiger partial charge in [-0.05, 0) is 31.0 Å². The van der Waals surface area contributed by atoms with E-state index in [1.807, 2.05) is 49.7 Å². The van der Waals surface area contributed by atoms with Crippen LogP contribution >= 0.6 is 0 Å². The summed E-state index contributed by atoms with van der Waals surface area (Å²) < 4.78 is 3.65. The highest BCUT2D eigenvalue weighted by Crippen LogP contribution is 2.16. The molecule has 3 aromatic rings. The Labute approximate surface area is 128 Å². The highest BCUT2D eigenvalue weighted by molar-refractivity contribution is 5.93. The fourth-order valence-electron chi connectivity index (χ4n) is 2.56. The van der Waals surface area contributed by atoms with Gasteiger partial charge in [0.25, 0.3) is 5.91 Å². The molecule has 0 aliphatic rings. The van der Waals surface area contributed by atoms with Gasteiger partial charge < -0.3 is 9.72 Å². The number of fused-ring (bicyclic) bond motifs is 1. The summed E-state index contributed by atoms with van der Waals surface area (Å²) in [6, 6.07) is 5.73. The number of rotatable bonds is 4. The summed E-state index contributed by atoms with van der Waals surface area (Å²) in [5.74, 6) is -0.172. The van der Waals surface area contributed by atoms with Crippen molar-refractivity contribution in [2.75, 3.05) is 0 Å². The number of amides is 1. The van der Waals surface area contributed by atoms with Crippen LogP contribution in [0.5, 0.6) is 0 Å². The smallest absolute Gasteiger partial charge is 0.272 e. The van der Waals surface area contributed by atoms with Crippen molar-refractivity contribution in [3.8, 4) is 0 Å². The number of aryl methyl sites for hydroxylation is 2. The lowest BCUT2D eigenvalue weighted by molar-refractivity contribution is 0.0929. The number of nitrogens with zero attached hydrogens (tertiary/aromatic N) is 4. The second-order valence-corrected chi connectivity index (χ2v) is 5.41. The molecule has 6 heteroatoms. The summed E-state index contributed by atoms with van der Waals surface area (Å²) in [4.78, 5) is 16.8. The van der Waals surface area contributed by atoms with Gasteiger partial charge in [-0.3, -0.25) is 9.48 Å². The predicted molar refractivity (Wildman–Crippen MR) is 83.6 cm³/mol. The molecule has 0 radical (unpaired) electrons. The SMILES string of the molecule is CC[C@@H](NC(=O)c1cn2cc(C)ccc2n1)c1ccnn1C. The fourth-order valence-corrected chi connectivity index (χ4v) is 2.56. The molecule has 0 aliphatic carbocycles. The highest BCUT2D eigenvalue weighted by Gasteiger charge is 2.18. The van der Waals surface area contributed by atoms with E-state index in [-0.39, 0.29) is 11.9 Å². The monoisotopic (exact) mass is 297 g/mol. The minimum Gasteiger partial charge on any atom is -0.342 e. The van der Waals surface area contributed by atoms with Crippen LogP contribution < -0.4 is 5.32 Å². The van der Waals surface area contributed by atoms with E-state index in [2.05, 4.69) is 15.4 Å². The Bertz CT molecular complexity index is 817. The predicted octanol–water partition coefficient (Wildman–Crippen LogP) is 2.26. The van der Waals surface area contributed by atoms with Crippen molar-refractivity contribution < 1.29 is 4.79 Å². The van der Waals surface area contributed by atoms with Gasteiger partial charge in [0.05, 0.1) is 11.7 Å². The van der Waals surface area contributed by atoms with Gasteiger partial charge in [-0.15, -0.1) is 0 Å². The summed E-state index contributed by atoms with van der Waals surface area (Å²) in [6.07, 6.45) is 6.24. The number of imidazole rings is 1. The fraction of sp³-hybridized carbons (Fsp3) is 0.312. The maximum absolute atomic E-state index is 12.5. The minimum atomic E-state index is -0.172. The Morgan fingerprint density at radius 2 is 2.14 bits per heavy atom. The largest absolute Gasteiger partial charge is 0.342 e. The van der Waals surface area contributed by atoms with Crippen molar-refractivity contribution in [3.63, 3.8) is 0 Å². The normalized spacial score (nSPS) is 12.5. The molecule has 3 heterocycles. The first-order valence-corrected chi connectivity index (χ1v) is 7.32. The molecule has 22 heavy (non-hydrogen) atoms. The molecule has 3 rings (SSSR count). The average Bonchev–Trinajstić information content (AvgIpc) is 3.10. The second-order valence-electron chi connectivity index (χ2n) is 5.41. The molecule has 0 saturated heterocycles. The van der Waals surface area contributed by atoms with Crippen molar-refractivity contribution in [2.45, 2.75) is 26.3 Å². The van der Waals surface area contributed by atoms with Crippen molar-refractivity contribution in [1.29, 1.82) is 0 Å². The average molecular weight is 297 g/mol. The Kier molecular flexibility index (Phi) is 3.66. The molecular weight excluding hydrogens is 278 g/mol. The number of hydrogen-bond acceptors (Lipinski definition) is 3. The number of carbonyl (C=O) groups is 1. The van der Waals surface area contributed by atoms with E-state index in [1.165, 1.54) is 0 Å². The van der Waals surface area contributed by atoms with Crippen LogP contribution in [-0.2, 0) is 7.05 Å². The van der Waals surface area contributed by atoms with Crippen LogP contribution in [0.3, 0.4) is 0 Å². The van der Waals surface area contributed by atoms with Gasteiger partial charge in [0.1, 0.15) is 11.3 Å². The van der Waals surface area contributed by atoms with Gasteiger partial charge in [-0.25, -0.2) is 4.98 Å². The van der Waals surface area contributed by atoms with Gasteiger partial charge in [-0.2, -0.15) is 5.10 Å². The zero-order valence-corrected chi connectivity index (χ0v) is 12.9. The van der Waals surface area contributed by atoms with Crippen LogP contribution in [-0.4, -0.2) is 25.1 Å². The van der Waals surface area contributed by atoms with E-state index < -0.39 is 0 Å². The van der Waals surface area contributed by atoms with Crippen molar-refractivity contribution in [3.05, 3.63) is 53.7 Å². The zero-order chi connectivity index (χ0) is 15.7. The maximum atomic E-state index is 12.5. The van der Waals surface area contributed by atoms with Crippen LogP contribution in [0.25, 0.3) is 5.65 Å². The second kappa shape index (κ2) is 5.63. The number of hydrogen-bond donors (Lipinski definition) is 1. The lowest BCUT2D eigenvalue weighted by atomic mass is 10.1. The first-order chi connectivity index (χ1) is 10.6. The van der Waals surface area contributed by atoms with E-state index in [1.54, 1.807) is 17.1 Å². The molecule has 0 fully saturated rings. The van der Waals surface area contributed by atoms with E-state index in [4.69, 9.17) is 0 Å². The van der Waals surface area contributed by atoms with Crippen LogP contribution in [0.2, 0.25) is 0 Å². The molecule has 0 unspecified atom stereocenters. The molecule has 0 aromatic carbocycles. The Morgan fingerprint density at radius 3 is 2.82 bits per heavy atom. The van der Waals surface area contributed by atoms with Crippen LogP contribution in [0.4, 0.5) is 0 Å². The maximum Gasteiger partial charge on any atom is 0.272 e. The summed E-state index contributed by atoms with van der Waals surface area (Å²) in [5.41, 5.74) is 3.30. The van der Waals surface area contributed by atoms with Gasteiger partial charge in [0.2, 0.25) is 0 Å². The topological polar surface area (TPSA) is 64.2 Å². The molecule has 1 atom stereocenters. The lowest BCUT2D eigenvalue weighted by Crippen LogP contribution is -2.29. The standard InChI is InChI=1S/C16H19N5O/c1-4-12(14-7-8-17-20(14)3)19-16(22)13-10-21-9-11(2)5-6-15(21)18-13/h5-10,12H,4H2,1-3H3,(H,19,22)/t12-/m1/s1. The summed E-state index contributed by atoms with van der Waals surface area (Å²) in [6.45, 7) is 4.04. The quantitative estimate of drug-likeness (QED) is 0.803. The third kappa shape index (κ3) is 2.59. The molecule has 0 spiro atoms. The number of carbonyl (C=O) groups excluding carboxylic acids is 1. The Hall–Kier alpha value is -2.63. The van der Waals surface area contributed by atoms with Crippen LogP contribution in [0, 0.1) is 6.92 Å². The third-order valence-electron chi connectivity index (χ3n) is 3.76. The van der Waals surface area contributed by atoms with Gasteiger partial charge in [0, 0.05) is 25.6 Å². The van der Waals surface area contributed by atoms with Crippen molar-refractivity contribution >= 4 is 11.6 Å². The molecule has 0 bridgehead atoms. The zero-order valence-electron chi connectivity index (χ0n) is 12.9. The number of aromatic nitrogens is 4. The van der Waals surface area contributed by atoms with Gasteiger partial charge in [-0.1, -0.05) is 13.0 Å². The lowest BCUT2D eigenvalue weighted by Gasteiger charge is -2.16. The molecular formula is C16H19N5O. The molecule has 0 aliphatic heterocycles. The van der Waals surface area contributed by atoms with E-state index in [0.717, 1.165) is 23.3 Å². The molecule has 3 aromatic heterocycles. The number of nitrogens with one attached hydrogen (secondary N) is 1. The Morgan fingerprint density at radius 1 is 1.32 bits per heavy atom. The molecule has 114 valence electrons. The minimum absolute atomic E-state index is 0.0773. The van der Waals surface area contributed by atoms with Crippen molar-refractivity contribution in [2.24, 2.45) is 7.05 Å². The van der Waals surface area contributed by atoms with E-state index >= 15 is 0 Å². The molecule has 1 N–H and O–H groups in total. The summed E-state index contributed by atoms with van der Waals surface area (Å²) in [7, 11) is 1.87. The number of pyridine rings is 1. The first-order valence-electron chi connectivity index (χ1n) is 7.32. The van der Waals surface area contributed by atoms with Crippen molar-refractivity contribution in [1.82, 2.24) is 24.5 Å². The van der Waals surface area contributed by atoms with Gasteiger partial charge >= 0.3 is 0 Å². The van der Waals surface area contributed by atoms with Gasteiger partial charge in [0.15, 0.2) is 0 Å². The summed E-state index contributed by atoms with van der Waals surface area (Å²) in [5, 5.41) is 7.18. The third-order valence-corrected chi connectivity index (χ3v) is 3.76. The van der Waals surface area contributed by atoms with E-state index in [0.29, 0.717) is 5.69 Å². The molecule has 1 amide bonds. The van der Waals surface area contributed by atoms with E-state index in [9.17, 15) is 4.79 Å². The Balaban J connectivity index is 1.84.